The molecule has 0 amide bonds. The van der Waals surface area contributed by atoms with Gasteiger partial charge in [0, 0.05) is 0 Å². The van der Waals surface area contributed by atoms with Crippen LogP contribution in [0.2, 0.25) is 0 Å². The van der Waals surface area contributed by atoms with Crippen LogP contribution in [0.3, 0.4) is 0 Å². The molecule has 0 unspecified atom stereocenters. The SMILES string of the molecule is CCCCCCCCCCCCS(=O)(=O)Oc1ccccc1.[LiH]. The molecular formula is C18H31LiO3S. The molecule has 0 N–H and O–H groups in total. The number of benzene rings is 1. The van der Waals surface area contributed by atoms with E-state index < -0.39 is 10.1 Å². The minimum atomic E-state index is -3.44. The van der Waals surface area contributed by atoms with Crippen LogP contribution >= 0.6 is 0 Å². The number of hydrogen-bond acceptors (Lipinski definition) is 3. The molecule has 0 aromatic heterocycles. The van der Waals surface area contributed by atoms with E-state index in [1.54, 1.807) is 24.3 Å². The van der Waals surface area contributed by atoms with Crippen molar-refractivity contribution in [3.05, 3.63) is 30.3 Å². The van der Waals surface area contributed by atoms with E-state index >= 15 is 0 Å². The molecular weight excluding hydrogens is 303 g/mol. The van der Waals surface area contributed by atoms with Crippen LogP contribution in [0.4, 0.5) is 0 Å². The quantitative estimate of drug-likeness (QED) is 0.299. The molecule has 1 aromatic carbocycles. The van der Waals surface area contributed by atoms with Gasteiger partial charge in [-0.05, 0) is 18.6 Å². The predicted octanol–water partition coefficient (Wildman–Crippen LogP) is 4.67. The molecule has 0 aliphatic carbocycles. The summed E-state index contributed by atoms with van der Waals surface area (Å²) < 4.78 is 28.7. The van der Waals surface area contributed by atoms with Crippen molar-refractivity contribution in [1.29, 1.82) is 0 Å². The monoisotopic (exact) mass is 334 g/mol. The molecule has 128 valence electrons. The first kappa shape index (κ1) is 22.6. The zero-order valence-corrected chi connectivity index (χ0v) is 14.6. The molecule has 3 nitrogen and oxygen atoms in total. The van der Waals surface area contributed by atoms with E-state index in [9.17, 15) is 8.42 Å². The fourth-order valence-electron chi connectivity index (χ4n) is 2.43. The van der Waals surface area contributed by atoms with Crippen molar-refractivity contribution >= 4 is 29.0 Å². The second-order valence-corrected chi connectivity index (χ2v) is 7.53. The van der Waals surface area contributed by atoms with Crippen LogP contribution in [0.5, 0.6) is 5.75 Å². The second-order valence-electron chi connectivity index (χ2n) is 5.84. The van der Waals surface area contributed by atoms with Gasteiger partial charge in [-0.25, -0.2) is 0 Å². The predicted molar refractivity (Wildman–Crippen MR) is 99.8 cm³/mol. The Hall–Kier alpha value is -0.433. The Morgan fingerprint density at radius 2 is 1.26 bits per heavy atom. The van der Waals surface area contributed by atoms with Crippen molar-refractivity contribution in [3.8, 4) is 5.75 Å². The molecule has 1 rings (SSSR count). The first-order valence-corrected chi connectivity index (χ1v) is 10.2. The molecule has 0 atom stereocenters. The van der Waals surface area contributed by atoms with Crippen LogP contribution in [-0.4, -0.2) is 33.0 Å². The van der Waals surface area contributed by atoms with Crippen LogP contribution in [0.25, 0.3) is 0 Å². The number of unbranched alkanes of at least 4 members (excludes halogenated alkanes) is 9. The summed E-state index contributed by atoms with van der Waals surface area (Å²) in [5, 5.41) is 0. The molecule has 0 aliphatic heterocycles. The van der Waals surface area contributed by atoms with Gasteiger partial charge in [0.05, 0.1) is 5.75 Å². The summed E-state index contributed by atoms with van der Waals surface area (Å²) in [6, 6.07) is 8.70. The number of rotatable bonds is 13. The van der Waals surface area contributed by atoms with E-state index in [1.165, 1.54) is 44.9 Å². The summed E-state index contributed by atoms with van der Waals surface area (Å²) in [6.07, 6.45) is 11.9. The second kappa shape index (κ2) is 14.0. The molecule has 0 saturated heterocycles. The average molecular weight is 334 g/mol. The number of hydrogen-bond donors (Lipinski definition) is 0. The van der Waals surface area contributed by atoms with Gasteiger partial charge >= 0.3 is 29.0 Å². The van der Waals surface area contributed by atoms with Gasteiger partial charge < -0.3 is 4.18 Å². The van der Waals surface area contributed by atoms with Crippen LogP contribution in [0, 0.1) is 0 Å². The minimum absolute atomic E-state index is 0. The van der Waals surface area contributed by atoms with Gasteiger partial charge in [-0.3, -0.25) is 0 Å². The third-order valence-electron chi connectivity index (χ3n) is 3.71. The molecule has 0 aliphatic rings. The van der Waals surface area contributed by atoms with E-state index in [-0.39, 0.29) is 24.6 Å². The summed E-state index contributed by atoms with van der Waals surface area (Å²) in [6.45, 7) is 2.23. The molecule has 0 fully saturated rings. The van der Waals surface area contributed by atoms with Crippen LogP contribution in [0.1, 0.15) is 71.1 Å². The maximum atomic E-state index is 11.8. The molecule has 0 saturated carbocycles. The van der Waals surface area contributed by atoms with Crippen LogP contribution in [0.15, 0.2) is 30.3 Å². The van der Waals surface area contributed by atoms with E-state index in [1.807, 2.05) is 6.07 Å². The first-order valence-electron chi connectivity index (χ1n) is 8.61. The summed E-state index contributed by atoms with van der Waals surface area (Å²) in [5.74, 6) is 0.507. The fourth-order valence-corrected chi connectivity index (χ4v) is 3.48. The standard InChI is InChI=1S/C18H30O3S.Li.H/c1-2-3-4-5-6-7-8-9-10-14-17-22(19,20)21-18-15-12-11-13-16-18;;/h11-13,15-16H,2-10,14,17H2,1H3;;. The van der Waals surface area contributed by atoms with E-state index in [2.05, 4.69) is 6.92 Å². The van der Waals surface area contributed by atoms with E-state index in [4.69, 9.17) is 4.18 Å². The molecule has 0 spiro atoms. The zero-order chi connectivity index (χ0) is 16.1. The van der Waals surface area contributed by atoms with Gasteiger partial charge in [0.15, 0.2) is 0 Å². The van der Waals surface area contributed by atoms with Gasteiger partial charge in [-0.2, -0.15) is 8.42 Å². The summed E-state index contributed by atoms with van der Waals surface area (Å²) in [5.41, 5.74) is 0. The molecule has 0 bridgehead atoms. The fraction of sp³-hybridized carbons (Fsp3) is 0.667. The van der Waals surface area contributed by atoms with Crippen LogP contribution in [-0.2, 0) is 10.1 Å². The van der Waals surface area contributed by atoms with E-state index in [0.29, 0.717) is 12.2 Å². The summed E-state index contributed by atoms with van der Waals surface area (Å²) in [7, 11) is -3.44. The van der Waals surface area contributed by atoms with Gasteiger partial charge in [0.1, 0.15) is 5.75 Å². The Bertz CT molecular complexity index is 474. The van der Waals surface area contributed by atoms with Crippen molar-refractivity contribution in [2.75, 3.05) is 5.75 Å². The van der Waals surface area contributed by atoms with Crippen molar-refractivity contribution in [3.63, 3.8) is 0 Å². The summed E-state index contributed by atoms with van der Waals surface area (Å²) >= 11 is 0. The van der Waals surface area contributed by atoms with Gasteiger partial charge in [-0.15, -0.1) is 0 Å². The Balaban J connectivity index is 0.00000484. The third-order valence-corrected chi connectivity index (χ3v) is 4.95. The summed E-state index contributed by atoms with van der Waals surface area (Å²) in [4.78, 5) is 0. The molecule has 5 heteroatoms. The van der Waals surface area contributed by atoms with Crippen LogP contribution < -0.4 is 4.18 Å². The Labute approximate surface area is 154 Å². The molecule has 0 radical (unpaired) electrons. The number of para-hydroxylation sites is 1. The zero-order valence-electron chi connectivity index (χ0n) is 13.8. The Morgan fingerprint density at radius 1 is 0.783 bits per heavy atom. The van der Waals surface area contributed by atoms with Gasteiger partial charge in [0.25, 0.3) is 0 Å². The molecule has 1 aromatic rings. The van der Waals surface area contributed by atoms with Crippen molar-refractivity contribution in [2.45, 2.75) is 71.1 Å². The van der Waals surface area contributed by atoms with Crippen molar-refractivity contribution in [2.24, 2.45) is 0 Å². The topological polar surface area (TPSA) is 43.4 Å². The third kappa shape index (κ3) is 12.6. The maximum absolute atomic E-state index is 11.8. The molecule has 0 heterocycles. The molecule has 23 heavy (non-hydrogen) atoms. The van der Waals surface area contributed by atoms with Crippen molar-refractivity contribution < 1.29 is 12.6 Å². The normalized spacial score (nSPS) is 11.0. The Morgan fingerprint density at radius 3 is 1.78 bits per heavy atom. The van der Waals surface area contributed by atoms with E-state index in [0.717, 1.165) is 12.8 Å². The van der Waals surface area contributed by atoms with Crippen molar-refractivity contribution in [1.82, 2.24) is 0 Å². The van der Waals surface area contributed by atoms with Gasteiger partial charge in [-0.1, -0.05) is 82.9 Å². The Kier molecular flexibility index (Phi) is 13.7. The average Bonchev–Trinajstić information content (AvgIpc) is 2.49. The first-order chi connectivity index (χ1) is 10.6. The van der Waals surface area contributed by atoms with Gasteiger partial charge in [0.2, 0.25) is 0 Å².